The lowest BCUT2D eigenvalue weighted by Gasteiger charge is -2.27. The van der Waals surface area contributed by atoms with E-state index in [0.29, 0.717) is 17.6 Å². The van der Waals surface area contributed by atoms with E-state index < -0.39 is 0 Å². The number of para-hydroxylation sites is 1. The second-order valence-corrected chi connectivity index (χ2v) is 14.1. The molecule has 52 heavy (non-hydrogen) atoms. The molecule has 7 aromatic carbocycles. The lowest BCUT2D eigenvalue weighted by molar-refractivity contribution is 0.953. The third kappa shape index (κ3) is 5.03. The molecule has 3 aromatic heterocycles. The van der Waals surface area contributed by atoms with Gasteiger partial charge in [0.25, 0.3) is 0 Å². The maximum absolute atomic E-state index is 5.16. The number of benzene rings is 7. The molecular weight excluding hydrogens is 655 g/mol. The Bertz CT molecular complexity index is 2850. The number of anilines is 3. The molecule has 0 radical (unpaired) electrons. The van der Waals surface area contributed by atoms with Crippen molar-refractivity contribution >= 4 is 70.4 Å². The van der Waals surface area contributed by atoms with Crippen LogP contribution in [-0.2, 0) is 0 Å². The molecule has 0 fully saturated rings. The van der Waals surface area contributed by atoms with Crippen molar-refractivity contribution in [2.24, 2.45) is 0 Å². The Morgan fingerprint density at radius 2 is 1.08 bits per heavy atom. The highest BCUT2D eigenvalue weighted by Crippen LogP contribution is 2.45. The Morgan fingerprint density at radius 3 is 1.81 bits per heavy atom. The van der Waals surface area contributed by atoms with E-state index in [0.717, 1.165) is 50.0 Å². The van der Waals surface area contributed by atoms with Crippen molar-refractivity contribution in [3.8, 4) is 28.7 Å². The molecule has 0 bridgehead atoms. The minimum atomic E-state index is 0.573. The van der Waals surface area contributed by atoms with Gasteiger partial charge in [0.05, 0.1) is 16.7 Å². The third-order valence-corrected chi connectivity index (χ3v) is 10.9. The average Bonchev–Trinajstić information content (AvgIpc) is 3.75. The van der Waals surface area contributed by atoms with E-state index in [1.54, 1.807) is 0 Å². The fourth-order valence-electron chi connectivity index (χ4n) is 7.27. The summed E-state index contributed by atoms with van der Waals surface area (Å²) in [5.41, 5.74) is 8.40. The van der Waals surface area contributed by atoms with Gasteiger partial charge in [-0.2, -0.15) is 9.97 Å². The molecule has 5 nitrogen and oxygen atoms in total. The molecule has 0 amide bonds. The first-order valence-electron chi connectivity index (χ1n) is 17.4. The Labute approximate surface area is 304 Å². The predicted molar refractivity (Wildman–Crippen MR) is 217 cm³/mol. The van der Waals surface area contributed by atoms with Gasteiger partial charge in [0.1, 0.15) is 0 Å². The smallest absolute Gasteiger partial charge is 0.238 e. The molecule has 0 N–H and O–H groups in total. The van der Waals surface area contributed by atoms with Crippen LogP contribution >= 0.6 is 11.3 Å². The number of hydrogen-bond acceptors (Lipinski definition) is 5. The van der Waals surface area contributed by atoms with Gasteiger partial charge in [0.15, 0.2) is 11.6 Å². The summed E-state index contributed by atoms with van der Waals surface area (Å²) >= 11 is 1.84. The van der Waals surface area contributed by atoms with Gasteiger partial charge < -0.3 is 4.90 Å². The van der Waals surface area contributed by atoms with E-state index in [2.05, 4.69) is 126 Å². The molecule has 0 saturated heterocycles. The number of rotatable bonds is 6. The molecule has 0 saturated carbocycles. The molecule has 0 atom stereocenters. The van der Waals surface area contributed by atoms with Gasteiger partial charge >= 0.3 is 0 Å². The van der Waals surface area contributed by atoms with Crippen LogP contribution in [0.2, 0.25) is 0 Å². The fraction of sp³-hybridized carbons (Fsp3) is 0.0217. The molecule has 0 aliphatic carbocycles. The van der Waals surface area contributed by atoms with Crippen LogP contribution in [0.5, 0.6) is 0 Å². The number of aryl methyl sites for hydroxylation is 1. The molecular formula is C46H31N5S. The van der Waals surface area contributed by atoms with Crippen LogP contribution in [0.1, 0.15) is 5.56 Å². The minimum absolute atomic E-state index is 0.573. The molecule has 10 aromatic rings. The van der Waals surface area contributed by atoms with Gasteiger partial charge in [-0.05, 0) is 61.5 Å². The largest absolute Gasteiger partial charge is 0.310 e. The van der Waals surface area contributed by atoms with Gasteiger partial charge in [0.2, 0.25) is 5.95 Å². The van der Waals surface area contributed by atoms with E-state index >= 15 is 0 Å². The van der Waals surface area contributed by atoms with E-state index in [4.69, 9.17) is 15.0 Å². The summed E-state index contributed by atoms with van der Waals surface area (Å²) in [4.78, 5) is 17.7. The molecule has 0 spiro atoms. The van der Waals surface area contributed by atoms with E-state index in [9.17, 15) is 0 Å². The van der Waals surface area contributed by atoms with Crippen molar-refractivity contribution in [2.75, 3.05) is 4.90 Å². The Balaban J connectivity index is 1.25. The average molecular weight is 686 g/mol. The first-order chi connectivity index (χ1) is 25.7. The van der Waals surface area contributed by atoms with Crippen molar-refractivity contribution in [2.45, 2.75) is 6.92 Å². The highest BCUT2D eigenvalue weighted by atomic mass is 32.1. The maximum atomic E-state index is 5.16. The molecule has 0 aliphatic heterocycles. The quantitative estimate of drug-likeness (QED) is 0.175. The SMILES string of the molecule is Cc1ccc(N(c2ccc3sc4ccccc4c3c2)c2cccc3c2c2ccccc2n3-c2nc(-c3ccccc3)nc(-c3ccccc3)n2)cc1. The first-order valence-corrected chi connectivity index (χ1v) is 18.2. The number of thiophene rings is 1. The summed E-state index contributed by atoms with van der Waals surface area (Å²) in [5, 5.41) is 4.78. The summed E-state index contributed by atoms with van der Waals surface area (Å²) in [6.07, 6.45) is 0. The van der Waals surface area contributed by atoms with Crippen molar-refractivity contribution in [1.82, 2.24) is 19.5 Å². The van der Waals surface area contributed by atoms with Crippen molar-refractivity contribution in [3.63, 3.8) is 0 Å². The van der Waals surface area contributed by atoms with Crippen LogP contribution in [0.3, 0.4) is 0 Å². The Kier molecular flexibility index (Phi) is 7.15. The zero-order valence-electron chi connectivity index (χ0n) is 28.3. The summed E-state index contributed by atoms with van der Waals surface area (Å²) < 4.78 is 4.77. The van der Waals surface area contributed by atoms with E-state index in [1.165, 1.54) is 25.7 Å². The number of fused-ring (bicyclic) bond motifs is 6. The molecule has 6 heteroatoms. The van der Waals surface area contributed by atoms with Crippen LogP contribution in [-0.4, -0.2) is 19.5 Å². The van der Waals surface area contributed by atoms with Gasteiger partial charge in [0, 0.05) is 53.4 Å². The van der Waals surface area contributed by atoms with Crippen LogP contribution < -0.4 is 4.90 Å². The van der Waals surface area contributed by atoms with Crippen molar-refractivity contribution in [3.05, 3.63) is 175 Å². The third-order valence-electron chi connectivity index (χ3n) is 9.71. The Hall–Kier alpha value is -6.63. The molecule has 3 heterocycles. The van der Waals surface area contributed by atoms with Crippen LogP contribution in [0.15, 0.2) is 170 Å². The number of hydrogen-bond donors (Lipinski definition) is 0. The lowest BCUT2D eigenvalue weighted by atomic mass is 10.1. The van der Waals surface area contributed by atoms with E-state index in [-0.39, 0.29) is 0 Å². The standard InChI is InChI=1S/C46H31N5S/c1-30-23-25-33(26-24-30)50(34-27-28-42-37(29-34)35-17-9-11-22-41(35)52-42)39-20-12-21-40-43(39)36-18-8-10-19-38(36)51(40)46-48-44(31-13-4-2-5-14-31)47-45(49-46)32-15-6-3-7-16-32/h2-29H,1H3. The zero-order valence-corrected chi connectivity index (χ0v) is 29.1. The monoisotopic (exact) mass is 685 g/mol. The number of aromatic nitrogens is 4. The summed E-state index contributed by atoms with van der Waals surface area (Å²) in [5.74, 6) is 1.83. The topological polar surface area (TPSA) is 46.8 Å². The zero-order chi connectivity index (χ0) is 34.6. The number of nitrogens with zero attached hydrogens (tertiary/aromatic N) is 5. The highest BCUT2D eigenvalue weighted by molar-refractivity contribution is 7.25. The van der Waals surface area contributed by atoms with Crippen LogP contribution in [0, 0.1) is 6.92 Å². The van der Waals surface area contributed by atoms with E-state index in [1.807, 2.05) is 72.0 Å². The van der Waals surface area contributed by atoms with Crippen molar-refractivity contribution in [1.29, 1.82) is 0 Å². The van der Waals surface area contributed by atoms with Crippen LogP contribution in [0.4, 0.5) is 17.1 Å². The normalized spacial score (nSPS) is 11.6. The minimum Gasteiger partial charge on any atom is -0.310 e. The lowest BCUT2D eigenvalue weighted by Crippen LogP contribution is -2.10. The van der Waals surface area contributed by atoms with Gasteiger partial charge in [-0.1, -0.05) is 121 Å². The maximum Gasteiger partial charge on any atom is 0.238 e. The van der Waals surface area contributed by atoms with Gasteiger partial charge in [-0.25, -0.2) is 4.98 Å². The second-order valence-electron chi connectivity index (χ2n) is 13.0. The summed E-state index contributed by atoms with van der Waals surface area (Å²) in [6.45, 7) is 2.13. The molecule has 246 valence electrons. The van der Waals surface area contributed by atoms with Crippen molar-refractivity contribution < 1.29 is 0 Å². The summed E-state index contributed by atoms with van der Waals surface area (Å²) in [7, 11) is 0. The Morgan fingerprint density at radius 1 is 0.481 bits per heavy atom. The summed E-state index contributed by atoms with van der Waals surface area (Å²) in [6, 6.07) is 59.7. The first kappa shape index (κ1) is 30.2. The van der Waals surface area contributed by atoms with Gasteiger partial charge in [-0.15, -0.1) is 11.3 Å². The molecule has 0 unspecified atom stereocenters. The highest BCUT2D eigenvalue weighted by Gasteiger charge is 2.23. The van der Waals surface area contributed by atoms with Crippen LogP contribution in [0.25, 0.3) is 70.7 Å². The molecule has 10 rings (SSSR count). The predicted octanol–water partition coefficient (Wildman–Crippen LogP) is 12.4. The fourth-order valence-corrected chi connectivity index (χ4v) is 8.36. The van der Waals surface area contributed by atoms with Gasteiger partial charge in [-0.3, -0.25) is 4.57 Å². The molecule has 0 aliphatic rings. The second kappa shape index (κ2) is 12.3.